The molecule has 22 heteroatoms. The molecule has 6 atom stereocenters. The number of ketones is 1. The van der Waals surface area contributed by atoms with E-state index >= 15 is 0 Å². The molecule has 1 aliphatic heterocycles. The minimum atomic E-state index is -4.85. The average Bonchev–Trinajstić information content (AvgIpc) is 3.88. The number of hydrogen-bond donors (Lipinski definition) is 6. The van der Waals surface area contributed by atoms with Crippen molar-refractivity contribution in [3.63, 3.8) is 0 Å². The number of Topliss-reactive ketones (excluding diaryl/α,β-unsaturated/α-hetero) is 1. The van der Waals surface area contributed by atoms with Gasteiger partial charge in [0.05, 0.1) is 55.0 Å². The Morgan fingerprint density at radius 1 is 0.779 bits per heavy atom. The summed E-state index contributed by atoms with van der Waals surface area (Å²) in [4.78, 5) is 85.1. The third-order valence-corrected chi connectivity index (χ3v) is 14.2. The van der Waals surface area contributed by atoms with Crippen LogP contribution in [-0.2, 0) is 62.4 Å². The molecule has 0 saturated carbocycles. The highest BCUT2D eigenvalue weighted by Crippen LogP contribution is 2.22. The summed E-state index contributed by atoms with van der Waals surface area (Å²) < 4.78 is 54.3. The Kier molecular flexibility index (Phi) is 23.4. The second-order valence-electron chi connectivity index (χ2n) is 20.7. The fourth-order valence-corrected chi connectivity index (χ4v) is 9.69. The fraction of sp³-hybridized carbons (Fsp3) is 0.527. The number of carbonyl (C=O) groups is 6. The van der Waals surface area contributed by atoms with E-state index in [1.165, 1.54) is 0 Å². The van der Waals surface area contributed by atoms with Crippen molar-refractivity contribution in [2.45, 2.75) is 141 Å². The van der Waals surface area contributed by atoms with Gasteiger partial charge >= 0.3 is 0 Å². The summed E-state index contributed by atoms with van der Waals surface area (Å²) in [6, 6.07) is 15.7. The number of nitrogens with zero attached hydrogens (tertiary/aromatic N) is 4. The van der Waals surface area contributed by atoms with Crippen LogP contribution in [0.3, 0.4) is 0 Å². The summed E-state index contributed by atoms with van der Waals surface area (Å²) in [6.45, 7) is 13.2. The lowest BCUT2D eigenvalue weighted by atomic mass is 9.90. The van der Waals surface area contributed by atoms with Crippen LogP contribution < -0.4 is 26.6 Å². The van der Waals surface area contributed by atoms with Gasteiger partial charge in [-0.25, -0.2) is 9.07 Å². The number of carbonyl (C=O) groups excluding carboxylic acids is 6. The third-order valence-electron chi connectivity index (χ3n) is 12.9. The third kappa shape index (κ3) is 19.5. The quantitative estimate of drug-likeness (QED) is 0.0404. The van der Waals surface area contributed by atoms with Crippen LogP contribution in [0.25, 0.3) is 0 Å². The molecule has 1 aliphatic rings. The maximum absolute atomic E-state index is 15.0. The highest BCUT2D eigenvalue weighted by atomic mass is 32.2. The zero-order valence-corrected chi connectivity index (χ0v) is 45.9. The Labute approximate surface area is 451 Å². The van der Waals surface area contributed by atoms with E-state index in [4.69, 9.17) is 8.92 Å². The molecule has 6 N–H and O–H groups in total. The summed E-state index contributed by atoms with van der Waals surface area (Å²) in [5, 5.41) is 33.4. The van der Waals surface area contributed by atoms with Gasteiger partial charge in [-0.1, -0.05) is 107 Å². The molecule has 0 bridgehead atoms. The number of benzene rings is 3. The van der Waals surface area contributed by atoms with Gasteiger partial charge in [-0.2, -0.15) is 8.42 Å². The smallest absolute Gasteiger partial charge is 0.297 e. The standard InChI is InChI=1S/C55H76FN9O11S/c1-8-15-38(6)65-33-41(62-63-65)32-57-51(68)43-31-42(21-22-44(43)56)77(73,74)76-35-55(7,72)50(67)46(28-36(2)3)59-54(71)48(30-40-18-13-10-14-19-40)61-53(70)47(29-37(4)5)60-52(69)45(23-20-39-16-11-9-12-17-39)58-49(66)34-64-24-26-75-27-25-64/h9-14,16-19,21-22,31,33,36-38,45-48,72H,8,15,20,23-30,32,34-35H2,1-7H3,(H,57,68)(H,58,66)(H,59,71)(H,60,69)(H,61,70)/t38?,45-,46-,47-,48-,55?/m0/s1. The molecular weight excluding hydrogens is 1010 g/mol. The van der Waals surface area contributed by atoms with Crippen LogP contribution >= 0.6 is 0 Å². The van der Waals surface area contributed by atoms with Gasteiger partial charge < -0.3 is 36.4 Å². The van der Waals surface area contributed by atoms with Crippen molar-refractivity contribution >= 4 is 45.4 Å². The Balaban J connectivity index is 1.30. The lowest BCUT2D eigenvalue weighted by Crippen LogP contribution is -2.60. The van der Waals surface area contributed by atoms with Crippen molar-refractivity contribution < 1.29 is 55.6 Å². The second kappa shape index (κ2) is 29.3. The van der Waals surface area contributed by atoms with Crippen molar-refractivity contribution in [3.05, 3.63) is 113 Å². The van der Waals surface area contributed by atoms with Crippen LogP contribution in [-0.4, -0.2) is 138 Å². The first-order valence-corrected chi connectivity index (χ1v) is 27.7. The average molecular weight is 1090 g/mol. The van der Waals surface area contributed by atoms with Crippen molar-refractivity contribution in [1.29, 1.82) is 0 Å². The lowest BCUT2D eigenvalue weighted by molar-refractivity contribution is -0.143. The van der Waals surface area contributed by atoms with Crippen molar-refractivity contribution in [2.24, 2.45) is 11.8 Å². The van der Waals surface area contributed by atoms with E-state index in [0.717, 1.165) is 43.5 Å². The first kappa shape index (κ1) is 61.4. The van der Waals surface area contributed by atoms with Gasteiger partial charge in [-0.05, 0) is 87.1 Å². The summed E-state index contributed by atoms with van der Waals surface area (Å²) in [5.74, 6) is -5.85. The molecule has 2 unspecified atom stereocenters. The minimum Gasteiger partial charge on any atom is -0.380 e. The number of rotatable bonds is 30. The normalized spacial score (nSPS) is 15.8. The first-order chi connectivity index (χ1) is 36.5. The van der Waals surface area contributed by atoms with Crippen LogP contribution in [0.1, 0.15) is 114 Å². The maximum atomic E-state index is 15.0. The molecule has 5 amide bonds. The summed E-state index contributed by atoms with van der Waals surface area (Å²) in [5.41, 5.74) is -1.19. The van der Waals surface area contributed by atoms with E-state index in [2.05, 4.69) is 36.9 Å². The predicted octanol–water partition coefficient (Wildman–Crippen LogP) is 3.97. The molecule has 0 spiro atoms. The number of morpholine rings is 1. The molecule has 1 fully saturated rings. The van der Waals surface area contributed by atoms with Gasteiger partial charge in [0.1, 0.15) is 41.8 Å². The van der Waals surface area contributed by atoms with Crippen LogP contribution in [0.15, 0.2) is 90.0 Å². The molecular formula is C55H76FN9O11S. The molecule has 1 saturated heterocycles. The Bertz CT molecular complexity index is 2700. The number of hydrogen-bond acceptors (Lipinski definition) is 14. The predicted molar refractivity (Wildman–Crippen MR) is 285 cm³/mol. The van der Waals surface area contributed by atoms with Gasteiger partial charge in [-0.3, -0.25) is 37.9 Å². The van der Waals surface area contributed by atoms with Crippen molar-refractivity contribution in [1.82, 2.24) is 46.5 Å². The number of amides is 5. The number of aliphatic hydroxyl groups is 1. The zero-order chi connectivity index (χ0) is 56.3. The van der Waals surface area contributed by atoms with E-state index in [-0.39, 0.29) is 62.6 Å². The topological polar surface area (TPSA) is 269 Å². The first-order valence-electron chi connectivity index (χ1n) is 26.3. The van der Waals surface area contributed by atoms with Gasteiger partial charge in [0.15, 0.2) is 5.78 Å². The minimum absolute atomic E-state index is 0.0301. The van der Waals surface area contributed by atoms with Crippen LogP contribution in [0.4, 0.5) is 4.39 Å². The maximum Gasteiger partial charge on any atom is 0.297 e. The molecule has 420 valence electrons. The number of nitrogens with one attached hydrogen (secondary N) is 5. The highest BCUT2D eigenvalue weighted by molar-refractivity contribution is 7.86. The second-order valence-corrected chi connectivity index (χ2v) is 22.3. The van der Waals surface area contributed by atoms with Gasteiger partial charge in [-0.15, -0.1) is 5.10 Å². The number of aryl methyl sites for hydroxylation is 1. The fourth-order valence-electron chi connectivity index (χ4n) is 8.68. The molecule has 0 aliphatic carbocycles. The van der Waals surface area contributed by atoms with Crippen LogP contribution in [0, 0.1) is 17.7 Å². The number of aromatic nitrogens is 3. The van der Waals surface area contributed by atoms with Gasteiger partial charge in [0.25, 0.3) is 16.0 Å². The Morgan fingerprint density at radius 3 is 2.00 bits per heavy atom. The van der Waals surface area contributed by atoms with E-state index in [9.17, 15) is 46.7 Å². The molecule has 77 heavy (non-hydrogen) atoms. The van der Waals surface area contributed by atoms with E-state index < -0.39 is 92.2 Å². The largest absolute Gasteiger partial charge is 0.380 e. The monoisotopic (exact) mass is 1090 g/mol. The van der Waals surface area contributed by atoms with E-state index in [0.29, 0.717) is 44.0 Å². The molecule has 20 nitrogen and oxygen atoms in total. The van der Waals surface area contributed by atoms with Gasteiger partial charge in [0.2, 0.25) is 23.6 Å². The molecule has 2 heterocycles. The van der Waals surface area contributed by atoms with Crippen LogP contribution in [0.5, 0.6) is 0 Å². The molecule has 4 aromatic rings. The Hall–Kier alpha value is -6.46. The summed E-state index contributed by atoms with van der Waals surface area (Å²) in [7, 11) is -4.85. The molecule has 3 aromatic carbocycles. The zero-order valence-electron chi connectivity index (χ0n) is 45.1. The molecule has 1 aromatic heterocycles. The van der Waals surface area contributed by atoms with Gasteiger partial charge in [0, 0.05) is 19.5 Å². The number of ether oxygens (including phenoxy) is 1. The molecule has 5 rings (SSSR count). The van der Waals surface area contributed by atoms with Crippen LogP contribution in [0.2, 0.25) is 0 Å². The van der Waals surface area contributed by atoms with E-state index in [1.54, 1.807) is 55.1 Å². The molecule has 0 radical (unpaired) electrons. The number of halogens is 1. The lowest BCUT2D eigenvalue weighted by Gasteiger charge is -2.30. The van der Waals surface area contributed by atoms with Crippen molar-refractivity contribution in [2.75, 3.05) is 39.5 Å². The summed E-state index contributed by atoms with van der Waals surface area (Å²) >= 11 is 0. The highest BCUT2D eigenvalue weighted by Gasteiger charge is 2.40. The van der Waals surface area contributed by atoms with Crippen molar-refractivity contribution in [3.8, 4) is 0 Å². The van der Waals surface area contributed by atoms with E-state index in [1.807, 2.05) is 62.9 Å². The Morgan fingerprint density at radius 2 is 1.36 bits per heavy atom. The summed E-state index contributed by atoms with van der Waals surface area (Å²) in [6.07, 6.45) is 4.15. The SMILES string of the molecule is CCCC(C)n1cc(CNC(=O)c2cc(S(=O)(=O)OCC(C)(O)C(=O)[C@H](CC(C)C)NC(=O)[C@H](Cc3ccccc3)NC(=O)[C@H](CC(C)C)NC(=O)[C@H](CCc3ccccc3)NC(=O)CN3CCOCC3)ccc2F)nn1.